The smallest absolute Gasteiger partial charge is 0.304 e. The van der Waals surface area contributed by atoms with Crippen LogP contribution in [0.1, 0.15) is 23.8 Å². The third-order valence-corrected chi connectivity index (χ3v) is 3.25. The summed E-state index contributed by atoms with van der Waals surface area (Å²) in [7, 11) is 3.33. The molecule has 0 saturated heterocycles. The highest BCUT2D eigenvalue weighted by Gasteiger charge is 2.13. The van der Waals surface area contributed by atoms with Crippen LogP contribution >= 0.6 is 11.8 Å². The van der Waals surface area contributed by atoms with Gasteiger partial charge < -0.3 is 10.0 Å². The van der Waals surface area contributed by atoms with E-state index < -0.39 is 5.97 Å². The predicted molar refractivity (Wildman–Crippen MR) is 69.8 cm³/mol. The van der Waals surface area contributed by atoms with Crippen LogP contribution in [0.3, 0.4) is 0 Å². The maximum absolute atomic E-state index is 11.7. The third-order valence-electron chi connectivity index (χ3n) is 2.16. The van der Waals surface area contributed by atoms with Crippen molar-refractivity contribution in [2.24, 2.45) is 0 Å². The quantitative estimate of drug-likeness (QED) is 0.824. The Morgan fingerprint density at radius 3 is 2.72 bits per heavy atom. The minimum atomic E-state index is -0.825. The Labute approximate surface area is 110 Å². The van der Waals surface area contributed by atoms with Crippen molar-refractivity contribution in [3.05, 3.63) is 24.0 Å². The molecule has 1 amide bonds. The van der Waals surface area contributed by atoms with Crippen LogP contribution in [0.15, 0.2) is 23.2 Å². The molecule has 98 valence electrons. The van der Waals surface area contributed by atoms with Gasteiger partial charge in [0.1, 0.15) is 5.69 Å². The van der Waals surface area contributed by atoms with Crippen molar-refractivity contribution in [3.63, 3.8) is 0 Å². The lowest BCUT2D eigenvalue weighted by atomic mass is 10.3. The molecule has 1 N–H and O–H groups in total. The molecule has 1 heterocycles. The summed E-state index contributed by atoms with van der Waals surface area (Å²) < 4.78 is 0. The number of carbonyl (C=O) groups is 2. The van der Waals surface area contributed by atoms with Crippen molar-refractivity contribution in [1.82, 2.24) is 9.88 Å². The van der Waals surface area contributed by atoms with E-state index in [9.17, 15) is 9.59 Å². The number of rotatable bonds is 5. The molecule has 1 aromatic heterocycles. The largest absolute Gasteiger partial charge is 0.481 e. The summed E-state index contributed by atoms with van der Waals surface area (Å²) in [6.45, 7) is 1.84. The molecular formula is C12H16N2O3S. The molecular weight excluding hydrogens is 252 g/mol. The SMILES string of the molecule is CC(CC(=O)O)Sc1ccnc(C(=O)N(C)C)c1. The maximum Gasteiger partial charge on any atom is 0.304 e. The summed E-state index contributed by atoms with van der Waals surface area (Å²) >= 11 is 1.42. The van der Waals surface area contributed by atoms with E-state index >= 15 is 0 Å². The van der Waals surface area contributed by atoms with E-state index in [2.05, 4.69) is 4.98 Å². The molecule has 0 aliphatic rings. The molecule has 18 heavy (non-hydrogen) atoms. The van der Waals surface area contributed by atoms with Crippen molar-refractivity contribution >= 4 is 23.6 Å². The highest BCUT2D eigenvalue weighted by atomic mass is 32.2. The van der Waals surface area contributed by atoms with Crippen LogP contribution in [0, 0.1) is 0 Å². The van der Waals surface area contributed by atoms with Gasteiger partial charge in [-0.05, 0) is 12.1 Å². The zero-order valence-corrected chi connectivity index (χ0v) is 11.4. The average molecular weight is 268 g/mol. The normalized spacial score (nSPS) is 11.9. The minimum Gasteiger partial charge on any atom is -0.481 e. The molecule has 1 atom stereocenters. The molecule has 0 radical (unpaired) electrons. The highest BCUT2D eigenvalue weighted by molar-refractivity contribution is 8.00. The third kappa shape index (κ3) is 4.37. The number of carboxylic acids is 1. The lowest BCUT2D eigenvalue weighted by Gasteiger charge is -2.11. The number of hydrogen-bond acceptors (Lipinski definition) is 4. The zero-order valence-electron chi connectivity index (χ0n) is 10.6. The number of amides is 1. The van der Waals surface area contributed by atoms with Gasteiger partial charge in [-0.15, -0.1) is 11.8 Å². The second kappa shape index (κ2) is 6.39. The summed E-state index contributed by atoms with van der Waals surface area (Å²) in [6.07, 6.45) is 1.65. The fraction of sp³-hybridized carbons (Fsp3) is 0.417. The van der Waals surface area contributed by atoms with E-state index in [4.69, 9.17) is 5.11 Å². The second-order valence-corrected chi connectivity index (χ2v) is 5.61. The lowest BCUT2D eigenvalue weighted by molar-refractivity contribution is -0.136. The molecule has 0 aromatic carbocycles. The Kier molecular flexibility index (Phi) is 5.15. The van der Waals surface area contributed by atoms with Crippen LogP contribution in [0.25, 0.3) is 0 Å². The summed E-state index contributed by atoms with van der Waals surface area (Å²) in [6, 6.07) is 3.46. The van der Waals surface area contributed by atoms with Gasteiger partial charge in [-0.25, -0.2) is 0 Å². The Morgan fingerprint density at radius 2 is 2.17 bits per heavy atom. The molecule has 0 spiro atoms. The standard InChI is InChI=1S/C12H16N2O3S/c1-8(6-11(15)16)18-9-4-5-13-10(7-9)12(17)14(2)3/h4-5,7-8H,6H2,1-3H3,(H,15,16). The Bertz CT molecular complexity index is 449. The number of nitrogens with zero attached hydrogens (tertiary/aromatic N) is 2. The van der Waals surface area contributed by atoms with Crippen LogP contribution in [-0.4, -0.2) is 46.2 Å². The predicted octanol–water partition coefficient (Wildman–Crippen LogP) is 1.74. The fourth-order valence-electron chi connectivity index (χ4n) is 1.35. The van der Waals surface area contributed by atoms with Gasteiger partial charge in [0.25, 0.3) is 5.91 Å². The van der Waals surface area contributed by atoms with Gasteiger partial charge >= 0.3 is 5.97 Å². The summed E-state index contributed by atoms with van der Waals surface area (Å²) in [5.41, 5.74) is 0.368. The molecule has 0 saturated carbocycles. The molecule has 1 unspecified atom stereocenters. The van der Waals surface area contributed by atoms with Crippen LogP contribution in [0.4, 0.5) is 0 Å². The number of aromatic nitrogens is 1. The van der Waals surface area contributed by atoms with Crippen LogP contribution in [-0.2, 0) is 4.79 Å². The second-order valence-electron chi connectivity index (χ2n) is 4.10. The van der Waals surface area contributed by atoms with Gasteiger partial charge in [0.05, 0.1) is 6.42 Å². The fourth-order valence-corrected chi connectivity index (χ4v) is 2.36. The van der Waals surface area contributed by atoms with Crippen molar-refractivity contribution in [2.45, 2.75) is 23.5 Å². The van der Waals surface area contributed by atoms with Crippen molar-refractivity contribution in [1.29, 1.82) is 0 Å². The van der Waals surface area contributed by atoms with Crippen molar-refractivity contribution in [2.75, 3.05) is 14.1 Å². The monoisotopic (exact) mass is 268 g/mol. The zero-order chi connectivity index (χ0) is 13.7. The maximum atomic E-state index is 11.7. The summed E-state index contributed by atoms with van der Waals surface area (Å²) in [4.78, 5) is 28.6. The number of thioether (sulfide) groups is 1. The van der Waals surface area contributed by atoms with Gasteiger partial charge in [0.2, 0.25) is 0 Å². The van der Waals surface area contributed by atoms with E-state index in [0.717, 1.165) is 4.90 Å². The highest BCUT2D eigenvalue weighted by Crippen LogP contribution is 2.25. The number of aliphatic carboxylic acids is 1. The Hall–Kier alpha value is -1.56. The van der Waals surface area contributed by atoms with Crippen molar-refractivity contribution in [3.8, 4) is 0 Å². The van der Waals surface area contributed by atoms with E-state index in [1.807, 2.05) is 6.92 Å². The molecule has 1 aromatic rings. The van der Waals surface area contributed by atoms with Gasteiger partial charge in [-0.2, -0.15) is 0 Å². The van der Waals surface area contributed by atoms with E-state index in [-0.39, 0.29) is 17.6 Å². The molecule has 0 fully saturated rings. The first kappa shape index (κ1) is 14.5. The van der Waals surface area contributed by atoms with Crippen LogP contribution in [0.2, 0.25) is 0 Å². The van der Waals surface area contributed by atoms with Gasteiger partial charge in [-0.3, -0.25) is 14.6 Å². The molecule has 1 rings (SSSR count). The van der Waals surface area contributed by atoms with Crippen molar-refractivity contribution < 1.29 is 14.7 Å². The Morgan fingerprint density at radius 1 is 1.50 bits per heavy atom. The van der Waals surface area contributed by atoms with E-state index in [1.54, 1.807) is 32.4 Å². The first-order chi connectivity index (χ1) is 8.40. The average Bonchev–Trinajstić information content (AvgIpc) is 2.26. The van der Waals surface area contributed by atoms with Crippen LogP contribution < -0.4 is 0 Å². The molecule has 0 bridgehead atoms. The van der Waals surface area contributed by atoms with Gasteiger partial charge in [0, 0.05) is 30.4 Å². The topological polar surface area (TPSA) is 70.5 Å². The molecule has 0 aliphatic carbocycles. The molecule has 6 heteroatoms. The molecule has 0 aliphatic heterocycles. The first-order valence-electron chi connectivity index (χ1n) is 5.46. The Balaban J connectivity index is 2.76. The minimum absolute atomic E-state index is 0.0489. The summed E-state index contributed by atoms with van der Waals surface area (Å²) in [5, 5.41) is 8.64. The van der Waals surface area contributed by atoms with Gasteiger partial charge in [-0.1, -0.05) is 6.92 Å². The lowest BCUT2D eigenvalue weighted by Crippen LogP contribution is -2.22. The first-order valence-corrected chi connectivity index (χ1v) is 6.34. The van der Waals surface area contributed by atoms with E-state index in [1.165, 1.54) is 16.7 Å². The number of carbonyl (C=O) groups excluding carboxylic acids is 1. The number of pyridine rings is 1. The summed E-state index contributed by atoms with van der Waals surface area (Å²) in [5.74, 6) is -0.989. The van der Waals surface area contributed by atoms with Gasteiger partial charge in [0.15, 0.2) is 0 Å². The van der Waals surface area contributed by atoms with E-state index in [0.29, 0.717) is 5.69 Å². The number of hydrogen-bond donors (Lipinski definition) is 1. The number of carboxylic acid groups (broad SMARTS) is 1. The van der Waals surface area contributed by atoms with Crippen LogP contribution in [0.5, 0.6) is 0 Å². The molecule has 5 nitrogen and oxygen atoms in total.